The van der Waals surface area contributed by atoms with Gasteiger partial charge in [0, 0.05) is 29.1 Å². The number of esters is 2. The molecule has 5 heterocycles. The Balaban J connectivity index is 1.63. The molecule has 0 radical (unpaired) electrons. The Kier molecular flexibility index (Phi) is 4.26. The van der Waals surface area contributed by atoms with Crippen molar-refractivity contribution in [3.8, 4) is 0 Å². The summed E-state index contributed by atoms with van der Waals surface area (Å²) >= 11 is 0. The maximum absolute atomic E-state index is 14.0. The third kappa shape index (κ3) is 2.15. The largest absolute Gasteiger partial charge is 0.469 e. The molecular weight excluding hydrogens is 462 g/mol. The van der Waals surface area contributed by atoms with Gasteiger partial charge in [0.1, 0.15) is 5.54 Å². The molecule has 1 aromatic carbocycles. The van der Waals surface area contributed by atoms with Crippen molar-refractivity contribution in [3.05, 3.63) is 35.5 Å². The molecule has 36 heavy (non-hydrogen) atoms. The van der Waals surface area contributed by atoms with Gasteiger partial charge in [-0.25, -0.2) is 0 Å². The lowest BCUT2D eigenvalue weighted by atomic mass is 9.51. The van der Waals surface area contributed by atoms with Crippen molar-refractivity contribution in [3.63, 3.8) is 0 Å². The summed E-state index contributed by atoms with van der Waals surface area (Å²) in [4.78, 5) is 60.2. The summed E-state index contributed by atoms with van der Waals surface area (Å²) < 4.78 is 10.9. The molecule has 1 aromatic heterocycles. The molecule has 2 amide bonds. The number of aromatic nitrogens is 1. The molecule has 4 fully saturated rings. The van der Waals surface area contributed by atoms with Gasteiger partial charge in [0.2, 0.25) is 11.8 Å². The minimum absolute atomic E-state index is 0.233. The van der Waals surface area contributed by atoms with Gasteiger partial charge in [0.25, 0.3) is 0 Å². The predicted molar refractivity (Wildman–Crippen MR) is 126 cm³/mol. The fourth-order valence-electron chi connectivity index (χ4n) is 9.11. The number of piperidine rings is 1. The van der Waals surface area contributed by atoms with Gasteiger partial charge in [-0.1, -0.05) is 31.0 Å². The van der Waals surface area contributed by atoms with Crippen molar-refractivity contribution in [2.24, 2.45) is 17.3 Å². The molecule has 1 aliphatic carbocycles. The molecule has 0 unspecified atom stereocenters. The number of amides is 2. The number of rotatable bonds is 2. The Morgan fingerprint density at radius 2 is 1.75 bits per heavy atom. The van der Waals surface area contributed by atoms with Gasteiger partial charge in [0.15, 0.2) is 0 Å². The lowest BCUT2D eigenvalue weighted by Crippen LogP contribution is -2.76. The fraction of sp³-hybridized carbons (Fsp3) is 0.556. The quantitative estimate of drug-likeness (QED) is 0.487. The van der Waals surface area contributed by atoms with Gasteiger partial charge in [-0.15, -0.1) is 0 Å². The van der Waals surface area contributed by atoms with E-state index in [0.717, 1.165) is 35.0 Å². The van der Waals surface area contributed by atoms with Crippen LogP contribution in [0.25, 0.3) is 10.9 Å². The van der Waals surface area contributed by atoms with Gasteiger partial charge >= 0.3 is 11.9 Å². The van der Waals surface area contributed by atoms with E-state index in [2.05, 4.69) is 15.2 Å². The van der Waals surface area contributed by atoms with Crippen molar-refractivity contribution in [2.75, 3.05) is 14.2 Å². The number of hydrogen-bond donors (Lipinski definition) is 2. The van der Waals surface area contributed by atoms with Crippen molar-refractivity contribution in [2.45, 2.75) is 62.1 Å². The molecule has 4 aliphatic heterocycles. The minimum atomic E-state index is -1.39. The Morgan fingerprint density at radius 1 is 1.00 bits per heavy atom. The van der Waals surface area contributed by atoms with Crippen LogP contribution >= 0.6 is 0 Å². The van der Waals surface area contributed by atoms with Gasteiger partial charge in [-0.05, 0) is 37.3 Å². The van der Waals surface area contributed by atoms with Crippen LogP contribution in [-0.2, 0) is 40.6 Å². The number of carbonyl (C=O) groups excluding carboxylic acids is 4. The number of carbonyl (C=O) groups is 4. The first-order valence-electron chi connectivity index (χ1n) is 12.8. The third-order valence-corrected chi connectivity index (χ3v) is 10.1. The average molecular weight is 492 g/mol. The van der Waals surface area contributed by atoms with Gasteiger partial charge in [-0.3, -0.25) is 29.4 Å². The number of para-hydroxylation sites is 1. The van der Waals surface area contributed by atoms with Crippen LogP contribution in [-0.4, -0.2) is 59.4 Å². The molecule has 0 bridgehead atoms. The lowest BCUT2D eigenvalue weighted by molar-refractivity contribution is -0.212. The molecule has 2 N–H and O–H groups in total. The maximum atomic E-state index is 14.0. The number of nitrogens with zero attached hydrogens (tertiary/aromatic N) is 1. The molecule has 3 saturated heterocycles. The summed E-state index contributed by atoms with van der Waals surface area (Å²) in [5.41, 5.74) is -0.457. The molecule has 188 valence electrons. The van der Waals surface area contributed by atoms with Gasteiger partial charge in [0.05, 0.1) is 37.0 Å². The molecule has 1 spiro atoms. The summed E-state index contributed by atoms with van der Waals surface area (Å²) in [5.74, 6) is -3.12. The van der Waals surface area contributed by atoms with E-state index in [1.54, 1.807) is 0 Å². The molecular formula is C27H29N3O6. The summed E-state index contributed by atoms with van der Waals surface area (Å²) in [5, 5.41) is 3.48. The predicted octanol–water partition coefficient (Wildman–Crippen LogP) is 1.93. The van der Waals surface area contributed by atoms with Crippen LogP contribution in [0.3, 0.4) is 0 Å². The first-order chi connectivity index (χ1) is 17.4. The second kappa shape index (κ2) is 6.97. The Bertz CT molecular complexity index is 1370. The number of H-pyrrole nitrogens is 1. The zero-order valence-electron chi connectivity index (χ0n) is 20.4. The Morgan fingerprint density at radius 3 is 2.53 bits per heavy atom. The smallest absolute Gasteiger partial charge is 0.327 e. The minimum Gasteiger partial charge on any atom is -0.469 e. The van der Waals surface area contributed by atoms with Crippen LogP contribution < -0.4 is 5.32 Å². The Hall–Kier alpha value is -3.20. The van der Waals surface area contributed by atoms with E-state index in [1.807, 2.05) is 24.3 Å². The molecule has 2 aromatic rings. The molecule has 7 rings (SSSR count). The van der Waals surface area contributed by atoms with E-state index in [0.29, 0.717) is 25.7 Å². The molecule has 1 saturated carbocycles. The highest BCUT2D eigenvalue weighted by molar-refractivity contribution is 6.10. The van der Waals surface area contributed by atoms with Crippen LogP contribution in [0, 0.1) is 17.3 Å². The van der Waals surface area contributed by atoms with Crippen LogP contribution in [0.4, 0.5) is 0 Å². The highest BCUT2D eigenvalue weighted by Gasteiger charge is 2.81. The first kappa shape index (κ1) is 22.0. The van der Waals surface area contributed by atoms with E-state index in [4.69, 9.17) is 9.47 Å². The standard InChI is InChI=1S/C27H29N3O6/c1-35-23(33)25-10-5-6-11-27(25)20-15(14-7-3-4-8-16(14)28-20)13-26(24(34)36-2)19-18(21(31)29-22(19)32)17(9-12-25)30(26)27/h3-4,7-8,17-19,28H,5-6,9-13H2,1-2H3,(H,29,31,32)/t17-,18+,19-,25-,26-,27+/m0/s1. The van der Waals surface area contributed by atoms with Gasteiger partial charge in [-0.2, -0.15) is 0 Å². The van der Waals surface area contributed by atoms with Crippen LogP contribution in [0.2, 0.25) is 0 Å². The van der Waals surface area contributed by atoms with E-state index in [9.17, 15) is 19.2 Å². The Labute approximate surface area is 207 Å². The van der Waals surface area contributed by atoms with Crippen LogP contribution in [0.5, 0.6) is 0 Å². The number of fused-ring (bicyclic) bond motifs is 6. The highest BCUT2D eigenvalue weighted by atomic mass is 16.5. The topological polar surface area (TPSA) is 118 Å². The molecule has 5 aliphatic rings. The lowest BCUT2D eigenvalue weighted by Gasteiger charge is -2.66. The first-order valence-corrected chi connectivity index (χ1v) is 12.8. The highest BCUT2D eigenvalue weighted by Crippen LogP contribution is 2.70. The van der Waals surface area contributed by atoms with Crippen LogP contribution in [0.1, 0.15) is 49.8 Å². The second-order valence-corrected chi connectivity index (χ2v) is 11.1. The number of methoxy groups -OCH3 is 2. The number of ether oxygens (including phenoxy) is 2. The van der Waals surface area contributed by atoms with Crippen molar-refractivity contribution in [1.82, 2.24) is 15.2 Å². The van der Waals surface area contributed by atoms with E-state index in [-0.39, 0.29) is 24.3 Å². The fourth-order valence-corrected chi connectivity index (χ4v) is 9.11. The number of nitrogens with one attached hydrogen (secondary N) is 2. The zero-order chi connectivity index (χ0) is 25.0. The normalized spacial score (nSPS) is 38.6. The maximum Gasteiger partial charge on any atom is 0.327 e. The third-order valence-electron chi connectivity index (χ3n) is 10.1. The SMILES string of the molecule is COC(=O)[C@@]12CCCC[C@@]13c1[nH]c4ccccc4c1C[C@@]1(C(=O)OC)[C@@H]4C(=O)NC(=O)[C@@H]4[C@H](CC2)N31. The monoisotopic (exact) mass is 491 g/mol. The summed E-state index contributed by atoms with van der Waals surface area (Å²) in [7, 11) is 2.76. The number of imide groups is 1. The molecule has 9 heteroatoms. The van der Waals surface area contributed by atoms with Crippen molar-refractivity contribution >= 4 is 34.7 Å². The summed E-state index contributed by atoms with van der Waals surface area (Å²) in [6, 6.07) is 7.55. The number of hydrogen-bond acceptors (Lipinski definition) is 7. The van der Waals surface area contributed by atoms with Crippen molar-refractivity contribution < 1.29 is 28.7 Å². The van der Waals surface area contributed by atoms with E-state index < -0.39 is 40.2 Å². The van der Waals surface area contributed by atoms with E-state index >= 15 is 0 Å². The van der Waals surface area contributed by atoms with Gasteiger partial charge < -0.3 is 14.5 Å². The number of aromatic amines is 1. The summed E-state index contributed by atoms with van der Waals surface area (Å²) in [6.45, 7) is 0. The van der Waals surface area contributed by atoms with E-state index in [1.165, 1.54) is 14.2 Å². The average Bonchev–Trinajstić information content (AvgIpc) is 3.53. The zero-order valence-corrected chi connectivity index (χ0v) is 20.4. The summed E-state index contributed by atoms with van der Waals surface area (Å²) in [6.07, 6.45) is 4.23. The molecule has 9 nitrogen and oxygen atoms in total. The van der Waals surface area contributed by atoms with Crippen molar-refractivity contribution in [1.29, 1.82) is 0 Å². The number of benzene rings is 1. The van der Waals surface area contributed by atoms with Crippen LogP contribution in [0.15, 0.2) is 24.3 Å². The second-order valence-electron chi connectivity index (χ2n) is 11.1. The molecule has 6 atom stereocenters.